The van der Waals surface area contributed by atoms with Crippen molar-refractivity contribution < 1.29 is 130 Å². The van der Waals surface area contributed by atoms with Gasteiger partial charge in [-0.2, -0.15) is 8.42 Å². The van der Waals surface area contributed by atoms with Crippen LogP contribution in [0.25, 0.3) is 0 Å². The predicted molar refractivity (Wildman–Crippen MR) is 283 cm³/mol. The molecule has 0 aromatic rings. The molecule has 4 aliphatic carbocycles. The van der Waals surface area contributed by atoms with Crippen LogP contribution >= 0.6 is 0 Å². The molecule has 1 spiro atoms. The summed E-state index contributed by atoms with van der Waals surface area (Å²) in [6.07, 6.45) is -27.5. The van der Waals surface area contributed by atoms with Crippen LogP contribution in [0.1, 0.15) is 106 Å². The van der Waals surface area contributed by atoms with Gasteiger partial charge in [0.2, 0.25) is 0 Å². The molecule has 27 nitrogen and oxygen atoms in total. The number of aliphatic hydroxyl groups is 10. The number of aliphatic hydroxyl groups excluding tert-OH is 10. The highest BCUT2D eigenvalue weighted by Crippen LogP contribution is 2.77. The second-order valence-corrected chi connectivity index (χ2v) is 27.1. The summed E-state index contributed by atoms with van der Waals surface area (Å²) < 4.78 is 104. The quantitative estimate of drug-likeness (QED) is 0.0418. The van der Waals surface area contributed by atoms with E-state index in [-0.39, 0.29) is 29.1 Å². The minimum atomic E-state index is -5.22. The van der Waals surface area contributed by atoms with E-state index < -0.39 is 194 Å². The number of esters is 2. The van der Waals surface area contributed by atoms with Gasteiger partial charge >= 0.3 is 22.3 Å². The molecule has 0 bridgehead atoms. The molecule has 5 saturated heterocycles. The van der Waals surface area contributed by atoms with Gasteiger partial charge in [-0.15, -0.1) is 6.58 Å². The fourth-order valence-electron chi connectivity index (χ4n) is 16.7. The van der Waals surface area contributed by atoms with Gasteiger partial charge in [0.1, 0.15) is 103 Å². The fraction of sp³-hybridized carbons (Fsp3) is 0.893. The first-order valence-corrected chi connectivity index (χ1v) is 30.5. The summed E-state index contributed by atoms with van der Waals surface area (Å²) in [5.74, 6) is -1.10. The number of ether oxygens (including phenoxy) is 11. The standard InChI is InChI=1S/C56H88O27S/c1-24(2)11-10-16-55(8)46-28(74-25(3)60)19-54(7)27-12-13-33-52(4,5)34(15-17-53(33,6)26(27)14-18-56(46,54)51(68)82-55)78-50-45(37(63)32(23-73-50)83-84(69,70)71)81-47-39(65)38(64)42(31(22-59)77-47)79-49-41(67)44(36(62)30(21-58)76-49)80-48-40(66)43(72-9)35(61)29(20-57)75-48/h12,26,28-50,57-59,61-67H,1,10-11,13-23H2,2-9H3,(H,69,70,71)/t26-,28+,29-,30-,31-,32-,33+,34+,35-,36-,37+,38-,39-,40-,41-,42-,43+,44+,45-,46-,47+,48+,49+,50+,53-,54+,55+,56-/m1/s1. The van der Waals surface area contributed by atoms with Crippen molar-refractivity contribution in [2.75, 3.05) is 33.5 Å². The molecule has 28 atom stereocenters. The Morgan fingerprint density at radius 3 is 1.89 bits per heavy atom. The van der Waals surface area contributed by atoms with E-state index in [1.807, 2.05) is 13.8 Å². The van der Waals surface area contributed by atoms with Crippen LogP contribution in [-0.2, 0) is 76.3 Å². The molecule has 3 saturated carbocycles. The number of hydrogen-bond donors (Lipinski definition) is 11. The third-order valence-corrected chi connectivity index (χ3v) is 21.2. The van der Waals surface area contributed by atoms with Crippen LogP contribution in [0.5, 0.6) is 0 Å². The zero-order chi connectivity index (χ0) is 61.6. The van der Waals surface area contributed by atoms with E-state index in [0.717, 1.165) is 24.0 Å². The van der Waals surface area contributed by atoms with Crippen LogP contribution in [0.4, 0.5) is 0 Å². The van der Waals surface area contributed by atoms with E-state index in [1.54, 1.807) is 0 Å². The van der Waals surface area contributed by atoms with Crippen molar-refractivity contribution in [1.82, 2.24) is 0 Å². The Balaban J connectivity index is 0.926. The number of hydrogen-bond acceptors (Lipinski definition) is 26. The molecule has 9 aliphatic rings. The molecule has 9 rings (SSSR count). The van der Waals surface area contributed by atoms with Crippen LogP contribution < -0.4 is 0 Å². The van der Waals surface area contributed by atoms with Crippen molar-refractivity contribution in [2.45, 2.75) is 241 Å². The molecule has 84 heavy (non-hydrogen) atoms. The summed E-state index contributed by atoms with van der Waals surface area (Å²) in [5.41, 5.74) is -1.36. The van der Waals surface area contributed by atoms with E-state index in [2.05, 4.69) is 40.3 Å². The number of methoxy groups -OCH3 is 1. The van der Waals surface area contributed by atoms with Gasteiger partial charge in [0, 0.05) is 19.4 Å². The van der Waals surface area contributed by atoms with E-state index in [9.17, 15) is 73.6 Å². The Hall–Kier alpha value is -2.47. The molecule has 0 unspecified atom stereocenters. The summed E-state index contributed by atoms with van der Waals surface area (Å²) in [6, 6.07) is 0. The lowest BCUT2D eigenvalue weighted by Gasteiger charge is -2.64. The monoisotopic (exact) mass is 1220 g/mol. The van der Waals surface area contributed by atoms with Gasteiger partial charge in [-0.1, -0.05) is 44.9 Å². The maximum absolute atomic E-state index is 14.7. The van der Waals surface area contributed by atoms with E-state index in [1.165, 1.54) is 14.0 Å². The number of allylic oxidation sites excluding steroid dienone is 3. The van der Waals surface area contributed by atoms with Crippen molar-refractivity contribution in [3.63, 3.8) is 0 Å². The first-order valence-electron chi connectivity index (χ1n) is 29.1. The molecule has 480 valence electrons. The smallest absolute Gasteiger partial charge is 0.397 e. The predicted octanol–water partition coefficient (Wildman–Crippen LogP) is -1.05. The number of cyclic esters (lactones) is 1. The Morgan fingerprint density at radius 1 is 0.714 bits per heavy atom. The minimum absolute atomic E-state index is 0.00820. The lowest BCUT2D eigenvalue weighted by atomic mass is 9.41. The lowest BCUT2D eigenvalue weighted by molar-refractivity contribution is -0.391. The highest BCUT2D eigenvalue weighted by molar-refractivity contribution is 7.80. The average Bonchev–Trinajstić information content (AvgIpc) is 1.45. The van der Waals surface area contributed by atoms with Crippen LogP contribution in [0.3, 0.4) is 0 Å². The average molecular weight is 1230 g/mol. The van der Waals surface area contributed by atoms with Gasteiger partial charge in [-0.25, -0.2) is 4.18 Å². The summed E-state index contributed by atoms with van der Waals surface area (Å²) in [6.45, 7) is 14.6. The zero-order valence-corrected chi connectivity index (χ0v) is 49.5. The number of fused-ring (bicyclic) bond motifs is 4. The Kier molecular flexibility index (Phi) is 19.4. The fourth-order valence-corrected chi connectivity index (χ4v) is 17.2. The number of carbonyl (C=O) groups is 2. The topological polar surface area (TPSA) is 402 Å². The second-order valence-electron chi connectivity index (χ2n) is 26.1. The first-order chi connectivity index (χ1) is 39.4. The van der Waals surface area contributed by atoms with Crippen molar-refractivity contribution in [3.05, 3.63) is 23.8 Å². The summed E-state index contributed by atoms with van der Waals surface area (Å²) >= 11 is 0. The molecule has 0 amide bonds. The Morgan fingerprint density at radius 2 is 1.30 bits per heavy atom. The first kappa shape index (κ1) is 66.0. The van der Waals surface area contributed by atoms with E-state index in [4.69, 9.17) is 56.3 Å². The summed E-state index contributed by atoms with van der Waals surface area (Å²) in [7, 11) is -4.05. The third-order valence-electron chi connectivity index (χ3n) is 20.7. The molecule has 0 radical (unpaired) electrons. The van der Waals surface area contributed by atoms with E-state index >= 15 is 0 Å². The number of rotatable bonds is 19. The molecule has 5 heterocycles. The molecular formula is C56H88O27S. The SMILES string of the molecule is C=C(C)CCC[C@]1(C)OC(=O)[C@]23CC[C@@H]4C(=CC[C@H]5C(C)(C)[C@@H](O[C@@H]6OC[C@@H](OS(=O)(=O)O)[C@H](O)[C@H]6O[C@@H]6O[C@H](CO)[C@@H](O[C@@H]7O[C@H](CO)[C@@H](O)[C@H](O[C@@H]8O[C@H](CO)[C@@H](O)[C@H](OC)[C@H]8O)[C@H]7O)[C@H](O)[C@H]6O)CC[C@]45C)[C@]2(C)C[C@H](OC(C)=O)[C@@H]31. The molecule has 28 heteroatoms. The maximum atomic E-state index is 14.7. The van der Waals surface area contributed by atoms with Gasteiger partial charge in [0.25, 0.3) is 0 Å². The minimum Gasteiger partial charge on any atom is -0.462 e. The normalized spacial score (nSPS) is 49.1. The maximum Gasteiger partial charge on any atom is 0.397 e. The molecule has 11 N–H and O–H groups in total. The summed E-state index contributed by atoms with van der Waals surface area (Å²) in [5, 5.41) is 110. The highest BCUT2D eigenvalue weighted by Gasteiger charge is 2.79. The highest BCUT2D eigenvalue weighted by atomic mass is 32.3. The van der Waals surface area contributed by atoms with Crippen molar-refractivity contribution >= 4 is 22.3 Å². The van der Waals surface area contributed by atoms with Crippen LogP contribution in [0.15, 0.2) is 23.8 Å². The number of carbonyl (C=O) groups excluding carboxylic acids is 2. The van der Waals surface area contributed by atoms with Crippen molar-refractivity contribution in [3.8, 4) is 0 Å². The van der Waals surface area contributed by atoms with Gasteiger partial charge in [0.15, 0.2) is 25.2 Å². The van der Waals surface area contributed by atoms with E-state index in [0.29, 0.717) is 44.9 Å². The molecule has 8 fully saturated rings. The van der Waals surface area contributed by atoms with Crippen molar-refractivity contribution in [2.24, 2.45) is 39.4 Å². The van der Waals surface area contributed by atoms with Crippen LogP contribution in [0, 0.1) is 39.4 Å². The Labute approximate surface area is 488 Å². The lowest BCUT2D eigenvalue weighted by Crippen LogP contribution is -2.67. The second kappa shape index (κ2) is 24.7. The van der Waals surface area contributed by atoms with Crippen molar-refractivity contribution in [1.29, 1.82) is 0 Å². The third kappa shape index (κ3) is 11.5. The van der Waals surface area contributed by atoms with Crippen LogP contribution in [-0.4, -0.2) is 244 Å². The molecular weight excluding hydrogens is 1140 g/mol. The van der Waals surface area contributed by atoms with Crippen LogP contribution in [0.2, 0.25) is 0 Å². The zero-order valence-electron chi connectivity index (χ0n) is 48.7. The molecule has 0 aromatic heterocycles. The largest absolute Gasteiger partial charge is 0.462 e. The molecule has 5 aliphatic heterocycles. The van der Waals surface area contributed by atoms with Gasteiger partial charge < -0.3 is 103 Å². The summed E-state index contributed by atoms with van der Waals surface area (Å²) in [4.78, 5) is 27.5. The molecule has 0 aromatic carbocycles. The van der Waals surface area contributed by atoms with Gasteiger partial charge in [-0.05, 0) is 94.3 Å². The van der Waals surface area contributed by atoms with Gasteiger partial charge in [0.05, 0.1) is 43.9 Å². The van der Waals surface area contributed by atoms with Gasteiger partial charge in [-0.3, -0.25) is 14.1 Å². The Bertz CT molecular complexity index is 2520.